The highest BCUT2D eigenvalue weighted by atomic mass is 16.5. The third kappa shape index (κ3) is 4.64. The first-order valence-corrected chi connectivity index (χ1v) is 6.47. The van der Waals surface area contributed by atoms with Crippen molar-refractivity contribution < 1.29 is 9.53 Å². The van der Waals surface area contributed by atoms with Crippen molar-refractivity contribution in [1.82, 2.24) is 9.80 Å². The summed E-state index contributed by atoms with van der Waals surface area (Å²) < 4.78 is 4.96. The quantitative estimate of drug-likeness (QED) is 0.698. The Morgan fingerprint density at radius 2 is 1.76 bits per heavy atom. The summed E-state index contributed by atoms with van der Waals surface area (Å²) in [5, 5.41) is 0. The van der Waals surface area contributed by atoms with Crippen molar-refractivity contribution in [3.05, 3.63) is 0 Å². The van der Waals surface area contributed by atoms with Crippen LogP contribution in [0.15, 0.2) is 0 Å². The summed E-state index contributed by atoms with van der Waals surface area (Å²) in [6.07, 6.45) is 1.44. The van der Waals surface area contributed by atoms with E-state index in [0.29, 0.717) is 13.0 Å². The van der Waals surface area contributed by atoms with Crippen LogP contribution in [0.3, 0.4) is 0 Å². The topological polar surface area (TPSA) is 32.8 Å². The smallest absolute Gasteiger partial charge is 0.222 e. The maximum absolute atomic E-state index is 11.9. The number of amides is 1. The largest absolute Gasteiger partial charge is 0.385 e. The predicted molar refractivity (Wildman–Crippen MR) is 69.0 cm³/mol. The van der Waals surface area contributed by atoms with Crippen LogP contribution in [0.4, 0.5) is 0 Å². The Labute approximate surface area is 105 Å². The van der Waals surface area contributed by atoms with E-state index in [-0.39, 0.29) is 11.4 Å². The van der Waals surface area contributed by atoms with E-state index in [1.807, 2.05) is 4.90 Å². The van der Waals surface area contributed by atoms with E-state index in [0.717, 1.165) is 32.6 Å². The lowest BCUT2D eigenvalue weighted by atomic mass is 10.0. The number of nitrogens with zero attached hydrogens (tertiary/aromatic N) is 2. The van der Waals surface area contributed by atoms with Crippen molar-refractivity contribution in [2.75, 3.05) is 39.9 Å². The Kier molecular flexibility index (Phi) is 5.40. The second-order valence-corrected chi connectivity index (χ2v) is 5.64. The highest BCUT2D eigenvalue weighted by Gasteiger charge is 2.27. The summed E-state index contributed by atoms with van der Waals surface area (Å²) in [5.41, 5.74) is 0.213. The normalized spacial score (nSPS) is 18.5. The molecule has 0 aromatic carbocycles. The second-order valence-electron chi connectivity index (χ2n) is 5.64. The van der Waals surface area contributed by atoms with Crippen LogP contribution in [0, 0.1) is 0 Å². The van der Waals surface area contributed by atoms with Gasteiger partial charge in [-0.25, -0.2) is 0 Å². The minimum Gasteiger partial charge on any atom is -0.385 e. The summed E-state index contributed by atoms with van der Waals surface area (Å²) in [4.78, 5) is 16.3. The van der Waals surface area contributed by atoms with Gasteiger partial charge in [-0.2, -0.15) is 0 Å². The molecule has 0 aliphatic carbocycles. The Balaban J connectivity index is 2.29. The Hall–Kier alpha value is -0.610. The van der Waals surface area contributed by atoms with Crippen molar-refractivity contribution in [2.45, 2.75) is 39.2 Å². The van der Waals surface area contributed by atoms with E-state index in [1.54, 1.807) is 7.11 Å². The summed E-state index contributed by atoms with van der Waals surface area (Å²) in [5.74, 6) is 0.274. The molecule has 1 aliphatic rings. The fraction of sp³-hybridized carbons (Fsp3) is 0.923. The van der Waals surface area contributed by atoms with Crippen LogP contribution in [0.5, 0.6) is 0 Å². The van der Waals surface area contributed by atoms with Crippen molar-refractivity contribution >= 4 is 5.91 Å². The van der Waals surface area contributed by atoms with Crippen molar-refractivity contribution in [3.8, 4) is 0 Å². The maximum atomic E-state index is 11.9. The van der Waals surface area contributed by atoms with Gasteiger partial charge >= 0.3 is 0 Å². The molecule has 0 bridgehead atoms. The van der Waals surface area contributed by atoms with Crippen LogP contribution in [0.1, 0.15) is 33.6 Å². The monoisotopic (exact) mass is 242 g/mol. The minimum atomic E-state index is 0.213. The molecule has 0 radical (unpaired) electrons. The lowest BCUT2D eigenvalue weighted by Crippen LogP contribution is -2.54. The van der Waals surface area contributed by atoms with Gasteiger partial charge in [0.05, 0.1) is 0 Å². The SMILES string of the molecule is COCCCC(=O)N1CCN(C(C)(C)C)CC1. The molecule has 0 N–H and O–H groups in total. The molecule has 0 spiro atoms. The molecule has 0 aromatic heterocycles. The molecule has 1 heterocycles. The molecule has 4 heteroatoms. The summed E-state index contributed by atoms with van der Waals surface area (Å²) in [6, 6.07) is 0. The highest BCUT2D eigenvalue weighted by molar-refractivity contribution is 5.76. The fourth-order valence-electron chi connectivity index (χ4n) is 2.15. The molecular formula is C13H26N2O2. The van der Waals surface area contributed by atoms with Gasteiger partial charge in [0, 0.05) is 51.9 Å². The molecule has 17 heavy (non-hydrogen) atoms. The molecule has 1 rings (SSSR count). The molecule has 1 saturated heterocycles. The number of ether oxygens (including phenoxy) is 1. The van der Waals surface area contributed by atoms with Crippen LogP contribution in [0.25, 0.3) is 0 Å². The molecule has 0 atom stereocenters. The van der Waals surface area contributed by atoms with Crippen LogP contribution >= 0.6 is 0 Å². The Bertz CT molecular complexity index is 240. The van der Waals surface area contributed by atoms with Gasteiger partial charge in [-0.05, 0) is 27.2 Å². The lowest BCUT2D eigenvalue weighted by Gasteiger charge is -2.42. The van der Waals surface area contributed by atoms with Crippen LogP contribution < -0.4 is 0 Å². The van der Waals surface area contributed by atoms with Crippen molar-refractivity contribution in [2.24, 2.45) is 0 Å². The fourth-order valence-corrected chi connectivity index (χ4v) is 2.15. The number of hydrogen-bond acceptors (Lipinski definition) is 3. The van der Waals surface area contributed by atoms with Gasteiger partial charge in [-0.3, -0.25) is 9.69 Å². The second kappa shape index (κ2) is 6.36. The van der Waals surface area contributed by atoms with E-state index < -0.39 is 0 Å². The minimum absolute atomic E-state index is 0.213. The van der Waals surface area contributed by atoms with Crippen molar-refractivity contribution in [1.29, 1.82) is 0 Å². The molecule has 0 saturated carbocycles. The first-order valence-electron chi connectivity index (χ1n) is 6.47. The predicted octanol–water partition coefficient (Wildman–Crippen LogP) is 1.36. The molecule has 1 amide bonds. The number of rotatable bonds is 4. The summed E-state index contributed by atoms with van der Waals surface area (Å²) >= 11 is 0. The first kappa shape index (κ1) is 14.5. The van der Waals surface area contributed by atoms with Gasteiger partial charge in [0.1, 0.15) is 0 Å². The number of carbonyl (C=O) groups is 1. The summed E-state index contributed by atoms with van der Waals surface area (Å²) in [7, 11) is 1.67. The third-order valence-corrected chi connectivity index (χ3v) is 3.32. The molecule has 100 valence electrons. The van der Waals surface area contributed by atoms with Gasteiger partial charge < -0.3 is 9.64 Å². The molecule has 4 nitrogen and oxygen atoms in total. The Morgan fingerprint density at radius 3 is 2.24 bits per heavy atom. The van der Waals surface area contributed by atoms with Gasteiger partial charge in [0.25, 0.3) is 0 Å². The zero-order valence-electron chi connectivity index (χ0n) is 11.7. The van der Waals surface area contributed by atoms with Gasteiger partial charge in [0.15, 0.2) is 0 Å². The molecule has 1 aliphatic heterocycles. The molecule has 0 aromatic rings. The Morgan fingerprint density at radius 1 is 1.18 bits per heavy atom. The first-order chi connectivity index (χ1) is 7.95. The van der Waals surface area contributed by atoms with Gasteiger partial charge in [0.2, 0.25) is 5.91 Å². The van der Waals surface area contributed by atoms with E-state index in [9.17, 15) is 4.79 Å². The average molecular weight is 242 g/mol. The standard InChI is InChI=1S/C13H26N2O2/c1-13(2,3)15-9-7-14(8-10-15)12(16)6-5-11-17-4/h5-11H2,1-4H3. The van der Waals surface area contributed by atoms with Gasteiger partial charge in [-0.15, -0.1) is 0 Å². The maximum Gasteiger partial charge on any atom is 0.222 e. The highest BCUT2D eigenvalue weighted by Crippen LogP contribution is 2.16. The van der Waals surface area contributed by atoms with Crippen LogP contribution in [-0.2, 0) is 9.53 Å². The summed E-state index contributed by atoms with van der Waals surface area (Å²) in [6.45, 7) is 11.0. The van der Waals surface area contributed by atoms with E-state index in [4.69, 9.17) is 4.74 Å². The number of hydrogen-bond donors (Lipinski definition) is 0. The molecular weight excluding hydrogens is 216 g/mol. The van der Waals surface area contributed by atoms with E-state index in [1.165, 1.54) is 0 Å². The lowest BCUT2D eigenvalue weighted by molar-refractivity contribution is -0.134. The number of carbonyl (C=O) groups excluding carboxylic acids is 1. The number of piperazine rings is 1. The van der Waals surface area contributed by atoms with Crippen LogP contribution in [0.2, 0.25) is 0 Å². The van der Waals surface area contributed by atoms with Crippen molar-refractivity contribution in [3.63, 3.8) is 0 Å². The van der Waals surface area contributed by atoms with Crippen LogP contribution in [-0.4, -0.2) is 61.1 Å². The zero-order chi connectivity index (χ0) is 12.9. The third-order valence-electron chi connectivity index (χ3n) is 3.32. The van der Waals surface area contributed by atoms with E-state index in [2.05, 4.69) is 25.7 Å². The van der Waals surface area contributed by atoms with Gasteiger partial charge in [-0.1, -0.05) is 0 Å². The van der Waals surface area contributed by atoms with E-state index >= 15 is 0 Å². The molecule has 1 fully saturated rings. The average Bonchev–Trinajstić information content (AvgIpc) is 2.28. The number of methoxy groups -OCH3 is 1. The molecule has 0 unspecified atom stereocenters. The zero-order valence-corrected chi connectivity index (χ0v) is 11.7.